The Balaban J connectivity index is 1.91. The second-order valence-corrected chi connectivity index (χ2v) is 5.68. The number of carboxylic acid groups (broad SMARTS) is 1. The summed E-state index contributed by atoms with van der Waals surface area (Å²) >= 11 is 0. The van der Waals surface area contributed by atoms with Gasteiger partial charge in [0, 0.05) is 19.5 Å². The zero-order chi connectivity index (χ0) is 15.2. The Morgan fingerprint density at radius 2 is 2.29 bits per heavy atom. The number of aromatic hydroxyl groups is 1. The van der Waals surface area contributed by atoms with Gasteiger partial charge in [0.1, 0.15) is 0 Å². The van der Waals surface area contributed by atoms with Crippen molar-refractivity contribution >= 4 is 5.97 Å². The molecule has 1 aromatic carbocycles. The monoisotopic (exact) mass is 293 g/mol. The number of nitrogens with zero attached hydrogens (tertiary/aromatic N) is 1. The second kappa shape index (κ2) is 7.31. The standard InChI is InChI=1S/C16H23NO4/c1-21-15-9-13(4-6-14(15)18)11-17-8-2-3-12(10-17)5-7-16(19)20/h4,6,9,12,18H,2-3,5,7-8,10-11H2,1H3,(H,19,20). The summed E-state index contributed by atoms with van der Waals surface area (Å²) in [5.41, 5.74) is 1.10. The van der Waals surface area contributed by atoms with E-state index in [2.05, 4.69) is 4.90 Å². The molecule has 5 heteroatoms. The molecule has 5 nitrogen and oxygen atoms in total. The van der Waals surface area contributed by atoms with Crippen LogP contribution in [0.2, 0.25) is 0 Å². The van der Waals surface area contributed by atoms with E-state index in [9.17, 15) is 9.90 Å². The van der Waals surface area contributed by atoms with E-state index in [-0.39, 0.29) is 12.2 Å². The lowest BCUT2D eigenvalue weighted by atomic mass is 9.93. The predicted molar refractivity (Wildman–Crippen MR) is 79.5 cm³/mol. The molecule has 1 saturated heterocycles. The Morgan fingerprint density at radius 3 is 3.00 bits per heavy atom. The maximum atomic E-state index is 10.7. The fourth-order valence-corrected chi connectivity index (χ4v) is 2.94. The molecule has 1 unspecified atom stereocenters. The molecule has 0 bridgehead atoms. The lowest BCUT2D eigenvalue weighted by Crippen LogP contribution is -2.35. The van der Waals surface area contributed by atoms with Crippen molar-refractivity contribution in [2.75, 3.05) is 20.2 Å². The maximum Gasteiger partial charge on any atom is 0.303 e. The average molecular weight is 293 g/mol. The van der Waals surface area contributed by atoms with Crippen molar-refractivity contribution in [2.45, 2.75) is 32.2 Å². The summed E-state index contributed by atoms with van der Waals surface area (Å²) in [6.07, 6.45) is 3.23. The van der Waals surface area contributed by atoms with Crippen LogP contribution in [0, 0.1) is 5.92 Å². The lowest BCUT2D eigenvalue weighted by Gasteiger charge is -2.32. The minimum atomic E-state index is -0.713. The van der Waals surface area contributed by atoms with E-state index in [1.807, 2.05) is 12.1 Å². The van der Waals surface area contributed by atoms with Crippen LogP contribution in [0.15, 0.2) is 18.2 Å². The largest absolute Gasteiger partial charge is 0.504 e. The topological polar surface area (TPSA) is 70.0 Å². The van der Waals surface area contributed by atoms with Crippen LogP contribution in [0.4, 0.5) is 0 Å². The van der Waals surface area contributed by atoms with Crippen molar-refractivity contribution < 1.29 is 19.7 Å². The number of hydrogen-bond donors (Lipinski definition) is 2. The van der Waals surface area contributed by atoms with Crippen molar-refractivity contribution in [1.29, 1.82) is 0 Å². The third kappa shape index (κ3) is 4.63. The molecule has 1 atom stereocenters. The third-order valence-corrected chi connectivity index (χ3v) is 4.02. The summed E-state index contributed by atoms with van der Waals surface area (Å²) in [6, 6.07) is 5.41. The number of hydrogen-bond acceptors (Lipinski definition) is 4. The van der Waals surface area contributed by atoms with Crippen LogP contribution in [0.5, 0.6) is 11.5 Å². The van der Waals surface area contributed by atoms with E-state index in [1.165, 1.54) is 0 Å². The zero-order valence-corrected chi connectivity index (χ0v) is 12.4. The van der Waals surface area contributed by atoms with Gasteiger partial charge in [0.25, 0.3) is 0 Å². The molecule has 116 valence electrons. The molecule has 0 radical (unpaired) electrons. The van der Waals surface area contributed by atoms with Crippen LogP contribution < -0.4 is 4.74 Å². The van der Waals surface area contributed by atoms with Gasteiger partial charge >= 0.3 is 5.97 Å². The van der Waals surface area contributed by atoms with Gasteiger partial charge < -0.3 is 14.9 Å². The van der Waals surface area contributed by atoms with Gasteiger partial charge in [-0.3, -0.25) is 9.69 Å². The first kappa shape index (κ1) is 15.6. The Labute approximate surface area is 125 Å². The highest BCUT2D eigenvalue weighted by Crippen LogP contribution is 2.28. The molecule has 0 saturated carbocycles. The van der Waals surface area contributed by atoms with Crippen molar-refractivity contribution in [3.05, 3.63) is 23.8 Å². The molecule has 1 aromatic rings. The summed E-state index contributed by atoms with van der Waals surface area (Å²) < 4.78 is 5.13. The number of aliphatic carboxylic acids is 1. The number of likely N-dealkylation sites (tertiary alicyclic amines) is 1. The van der Waals surface area contributed by atoms with E-state index in [0.717, 1.165) is 44.5 Å². The number of phenolic OH excluding ortho intramolecular Hbond substituents is 1. The summed E-state index contributed by atoms with van der Waals surface area (Å²) in [5, 5.41) is 18.4. The molecule has 0 spiro atoms. The number of carbonyl (C=O) groups is 1. The van der Waals surface area contributed by atoms with Gasteiger partial charge in [-0.1, -0.05) is 6.07 Å². The third-order valence-electron chi connectivity index (χ3n) is 4.02. The molecule has 0 amide bonds. The number of phenols is 1. The summed E-state index contributed by atoms with van der Waals surface area (Å²) in [4.78, 5) is 13.0. The first-order valence-electron chi connectivity index (χ1n) is 7.38. The number of piperidine rings is 1. The van der Waals surface area contributed by atoms with Gasteiger partial charge in [0.15, 0.2) is 11.5 Å². The first-order valence-corrected chi connectivity index (χ1v) is 7.38. The van der Waals surface area contributed by atoms with E-state index in [4.69, 9.17) is 9.84 Å². The number of methoxy groups -OCH3 is 1. The SMILES string of the molecule is COc1cc(CN2CCCC(CCC(=O)O)C2)ccc1O. The smallest absolute Gasteiger partial charge is 0.303 e. The average Bonchev–Trinajstić information content (AvgIpc) is 2.47. The number of benzene rings is 1. The highest BCUT2D eigenvalue weighted by molar-refractivity contribution is 5.66. The van der Waals surface area contributed by atoms with E-state index in [0.29, 0.717) is 11.7 Å². The summed E-state index contributed by atoms with van der Waals surface area (Å²) in [6.45, 7) is 2.78. The summed E-state index contributed by atoms with van der Waals surface area (Å²) in [5.74, 6) is 0.399. The Bertz CT molecular complexity index is 489. The molecule has 0 aliphatic carbocycles. The van der Waals surface area contributed by atoms with Gasteiger partial charge in [-0.25, -0.2) is 0 Å². The lowest BCUT2D eigenvalue weighted by molar-refractivity contribution is -0.137. The normalized spacial score (nSPS) is 19.4. The van der Waals surface area contributed by atoms with Crippen LogP contribution in [-0.2, 0) is 11.3 Å². The molecule has 2 N–H and O–H groups in total. The minimum Gasteiger partial charge on any atom is -0.504 e. The van der Waals surface area contributed by atoms with Crippen LogP contribution >= 0.6 is 0 Å². The van der Waals surface area contributed by atoms with Crippen molar-refractivity contribution in [3.8, 4) is 11.5 Å². The second-order valence-electron chi connectivity index (χ2n) is 5.68. The first-order chi connectivity index (χ1) is 10.1. The minimum absolute atomic E-state index is 0.152. The Kier molecular flexibility index (Phi) is 5.44. The van der Waals surface area contributed by atoms with Gasteiger partial charge in [-0.05, 0) is 49.4 Å². The fraction of sp³-hybridized carbons (Fsp3) is 0.562. The highest BCUT2D eigenvalue weighted by atomic mass is 16.5. The zero-order valence-electron chi connectivity index (χ0n) is 12.4. The molecule has 1 fully saturated rings. The van der Waals surface area contributed by atoms with E-state index in [1.54, 1.807) is 13.2 Å². The molecule has 2 rings (SSSR count). The summed E-state index contributed by atoms with van der Waals surface area (Å²) in [7, 11) is 1.54. The van der Waals surface area contributed by atoms with Gasteiger partial charge in [0.2, 0.25) is 0 Å². The highest BCUT2D eigenvalue weighted by Gasteiger charge is 2.20. The maximum absolute atomic E-state index is 10.7. The van der Waals surface area contributed by atoms with E-state index < -0.39 is 5.97 Å². The Hall–Kier alpha value is -1.75. The molecular formula is C16H23NO4. The van der Waals surface area contributed by atoms with Crippen LogP contribution in [0.3, 0.4) is 0 Å². The Morgan fingerprint density at radius 1 is 1.48 bits per heavy atom. The molecule has 1 heterocycles. The number of rotatable bonds is 6. The van der Waals surface area contributed by atoms with Crippen molar-refractivity contribution in [1.82, 2.24) is 4.90 Å². The van der Waals surface area contributed by atoms with E-state index >= 15 is 0 Å². The number of carboxylic acids is 1. The van der Waals surface area contributed by atoms with Gasteiger partial charge in [-0.15, -0.1) is 0 Å². The molecule has 0 aromatic heterocycles. The van der Waals surface area contributed by atoms with Crippen molar-refractivity contribution in [3.63, 3.8) is 0 Å². The fourth-order valence-electron chi connectivity index (χ4n) is 2.94. The van der Waals surface area contributed by atoms with Gasteiger partial charge in [0.05, 0.1) is 7.11 Å². The molecule has 21 heavy (non-hydrogen) atoms. The van der Waals surface area contributed by atoms with Crippen molar-refractivity contribution in [2.24, 2.45) is 5.92 Å². The quantitative estimate of drug-likeness (QED) is 0.843. The number of ether oxygens (including phenoxy) is 1. The molecular weight excluding hydrogens is 270 g/mol. The molecule has 1 aliphatic rings. The van der Waals surface area contributed by atoms with Crippen LogP contribution in [-0.4, -0.2) is 41.3 Å². The molecule has 1 aliphatic heterocycles. The van der Waals surface area contributed by atoms with Crippen LogP contribution in [0.1, 0.15) is 31.2 Å². The predicted octanol–water partition coefficient (Wildman–Crippen LogP) is 2.48. The van der Waals surface area contributed by atoms with Gasteiger partial charge in [-0.2, -0.15) is 0 Å². The van der Waals surface area contributed by atoms with Crippen LogP contribution in [0.25, 0.3) is 0 Å².